The summed E-state index contributed by atoms with van der Waals surface area (Å²) in [7, 11) is 5.12. The van der Waals surface area contributed by atoms with Crippen molar-refractivity contribution in [1.82, 2.24) is 23.6 Å². The number of hydrogen-bond acceptors (Lipinski definition) is 7. The van der Waals surface area contributed by atoms with Crippen molar-refractivity contribution < 1.29 is 9.84 Å². The molecule has 1 aliphatic heterocycles. The molecule has 33 heavy (non-hydrogen) atoms. The minimum Gasteiger partial charge on any atom is -0.491 e. The lowest BCUT2D eigenvalue weighted by Crippen LogP contribution is -2.45. The van der Waals surface area contributed by atoms with Gasteiger partial charge in [0, 0.05) is 40.3 Å². The predicted octanol–water partition coefficient (Wildman–Crippen LogP) is 0.242. The third-order valence-electron chi connectivity index (χ3n) is 6.43. The van der Waals surface area contributed by atoms with Crippen LogP contribution in [0.15, 0.2) is 27.8 Å². The first-order valence-electron chi connectivity index (χ1n) is 11.1. The monoisotopic (exact) mass is 456 g/mol. The van der Waals surface area contributed by atoms with Crippen LogP contribution in [0.2, 0.25) is 0 Å². The Hall–Kier alpha value is -3.11. The van der Waals surface area contributed by atoms with Crippen LogP contribution in [0.25, 0.3) is 11.2 Å². The van der Waals surface area contributed by atoms with Crippen molar-refractivity contribution >= 4 is 17.1 Å². The van der Waals surface area contributed by atoms with Crippen LogP contribution in [-0.4, -0.2) is 74.6 Å². The molecule has 2 aromatic heterocycles. The third-order valence-corrected chi connectivity index (χ3v) is 6.43. The number of ether oxygens (including phenoxy) is 1. The maximum atomic E-state index is 13.0. The van der Waals surface area contributed by atoms with E-state index in [4.69, 9.17) is 4.74 Å². The smallest absolute Gasteiger partial charge is 0.332 e. The van der Waals surface area contributed by atoms with Crippen molar-refractivity contribution in [2.24, 2.45) is 14.1 Å². The van der Waals surface area contributed by atoms with Crippen molar-refractivity contribution in [1.29, 1.82) is 0 Å². The number of imidazole rings is 1. The molecule has 3 aromatic rings. The van der Waals surface area contributed by atoms with Gasteiger partial charge in [0.2, 0.25) is 5.95 Å². The molecule has 0 bridgehead atoms. The van der Waals surface area contributed by atoms with E-state index in [2.05, 4.69) is 21.8 Å². The van der Waals surface area contributed by atoms with Gasteiger partial charge in [-0.15, -0.1) is 0 Å². The van der Waals surface area contributed by atoms with E-state index in [0.717, 1.165) is 36.3 Å². The van der Waals surface area contributed by atoms with Crippen molar-refractivity contribution in [3.8, 4) is 5.75 Å². The Kier molecular flexibility index (Phi) is 6.31. The minimum absolute atomic E-state index is 0.0659. The maximum Gasteiger partial charge on any atom is 0.332 e. The lowest BCUT2D eigenvalue weighted by Gasteiger charge is -2.33. The summed E-state index contributed by atoms with van der Waals surface area (Å²) >= 11 is 0. The van der Waals surface area contributed by atoms with Gasteiger partial charge in [-0.2, -0.15) is 4.98 Å². The molecule has 3 heterocycles. The Labute approximate surface area is 192 Å². The molecule has 1 N–H and O–H groups in total. The average molecular weight is 457 g/mol. The second-order valence-corrected chi connectivity index (χ2v) is 8.90. The summed E-state index contributed by atoms with van der Waals surface area (Å²) in [5, 5.41) is 10.8. The molecule has 10 nitrogen and oxygen atoms in total. The Morgan fingerprint density at radius 3 is 2.39 bits per heavy atom. The Balaban J connectivity index is 1.68. The first-order valence-corrected chi connectivity index (χ1v) is 11.1. The van der Waals surface area contributed by atoms with E-state index in [0.29, 0.717) is 22.9 Å². The van der Waals surface area contributed by atoms with E-state index >= 15 is 0 Å². The molecule has 1 aromatic carbocycles. The van der Waals surface area contributed by atoms with E-state index in [9.17, 15) is 14.7 Å². The quantitative estimate of drug-likeness (QED) is 0.568. The number of fused-ring (bicyclic) bond motifs is 1. The van der Waals surface area contributed by atoms with Gasteiger partial charge in [0.1, 0.15) is 18.5 Å². The number of aliphatic hydroxyl groups is 1. The van der Waals surface area contributed by atoms with Crippen LogP contribution >= 0.6 is 0 Å². The van der Waals surface area contributed by atoms with Gasteiger partial charge in [-0.05, 0) is 44.2 Å². The number of aliphatic hydroxyl groups excluding tert-OH is 1. The molecule has 0 amide bonds. The summed E-state index contributed by atoms with van der Waals surface area (Å²) in [4.78, 5) is 34.5. The van der Waals surface area contributed by atoms with Gasteiger partial charge in [-0.1, -0.05) is 6.07 Å². The highest BCUT2D eigenvalue weighted by atomic mass is 16.5. The predicted molar refractivity (Wildman–Crippen MR) is 127 cm³/mol. The van der Waals surface area contributed by atoms with Gasteiger partial charge in [0.15, 0.2) is 11.2 Å². The van der Waals surface area contributed by atoms with Gasteiger partial charge in [-0.25, -0.2) is 4.79 Å². The normalized spacial score (nSPS) is 15.9. The molecule has 1 aliphatic rings. The molecule has 0 radical (unpaired) electrons. The molecule has 0 unspecified atom stereocenters. The van der Waals surface area contributed by atoms with Crippen molar-refractivity contribution in [2.75, 3.05) is 44.7 Å². The second-order valence-electron chi connectivity index (χ2n) is 8.90. The highest BCUT2D eigenvalue weighted by Gasteiger charge is 2.26. The van der Waals surface area contributed by atoms with Crippen molar-refractivity contribution in [2.45, 2.75) is 26.5 Å². The molecule has 1 fully saturated rings. The number of hydrogen-bond donors (Lipinski definition) is 1. The Morgan fingerprint density at radius 1 is 1.03 bits per heavy atom. The van der Waals surface area contributed by atoms with Crippen molar-refractivity contribution in [3.63, 3.8) is 0 Å². The highest BCUT2D eigenvalue weighted by molar-refractivity contribution is 5.74. The van der Waals surface area contributed by atoms with Gasteiger partial charge >= 0.3 is 5.69 Å². The lowest BCUT2D eigenvalue weighted by atomic mass is 10.1. The number of rotatable bonds is 6. The topological polar surface area (TPSA) is 97.8 Å². The summed E-state index contributed by atoms with van der Waals surface area (Å²) in [5.41, 5.74) is 2.05. The summed E-state index contributed by atoms with van der Waals surface area (Å²) < 4.78 is 10.0. The zero-order valence-electron chi connectivity index (χ0n) is 19.9. The third kappa shape index (κ3) is 4.40. The molecule has 4 rings (SSSR count). The second kappa shape index (κ2) is 9.03. The highest BCUT2D eigenvalue weighted by Crippen LogP contribution is 2.22. The van der Waals surface area contributed by atoms with Crippen LogP contribution in [0, 0.1) is 13.8 Å². The number of anilines is 1. The van der Waals surface area contributed by atoms with Crippen LogP contribution in [0.5, 0.6) is 5.75 Å². The molecular formula is C23H32N6O4. The van der Waals surface area contributed by atoms with E-state index < -0.39 is 17.4 Å². The van der Waals surface area contributed by atoms with E-state index in [1.807, 2.05) is 32.0 Å². The fourth-order valence-electron chi connectivity index (χ4n) is 4.12. The number of piperazine rings is 1. The van der Waals surface area contributed by atoms with Crippen LogP contribution < -0.4 is 20.9 Å². The first kappa shape index (κ1) is 23.1. The molecular weight excluding hydrogens is 424 g/mol. The molecule has 0 aliphatic carbocycles. The van der Waals surface area contributed by atoms with Crippen LogP contribution in [0.4, 0.5) is 5.95 Å². The van der Waals surface area contributed by atoms with Gasteiger partial charge in [-0.3, -0.25) is 13.9 Å². The Morgan fingerprint density at radius 2 is 1.73 bits per heavy atom. The zero-order valence-corrected chi connectivity index (χ0v) is 19.9. The summed E-state index contributed by atoms with van der Waals surface area (Å²) in [6.45, 7) is 7.43. The lowest BCUT2D eigenvalue weighted by molar-refractivity contribution is 0.0935. The standard InChI is InChI=1S/C23H32N6O4/c1-15-6-7-18(12-16(15)2)33-14-17(30)13-29-19-20(26(4)23(32)27(5)21(19)31)24-22(29)28-10-8-25(3)9-11-28/h6-7,12,17,30H,8-11,13-14H2,1-5H3/t17-/m1/s1. The number of likely N-dealkylation sites (N-methyl/N-ethyl adjacent to an activating group) is 1. The van der Waals surface area contributed by atoms with Gasteiger partial charge in [0.25, 0.3) is 5.56 Å². The van der Waals surface area contributed by atoms with Crippen molar-refractivity contribution in [3.05, 3.63) is 50.2 Å². The van der Waals surface area contributed by atoms with Gasteiger partial charge in [0.05, 0.1) is 6.54 Å². The number of aryl methyl sites for hydroxylation is 3. The van der Waals surface area contributed by atoms with E-state index in [-0.39, 0.29) is 13.2 Å². The van der Waals surface area contributed by atoms with Gasteiger partial charge < -0.3 is 24.2 Å². The minimum atomic E-state index is -0.878. The number of nitrogens with zero attached hydrogens (tertiary/aromatic N) is 6. The fourth-order valence-corrected chi connectivity index (χ4v) is 4.12. The fraction of sp³-hybridized carbons (Fsp3) is 0.522. The zero-order chi connectivity index (χ0) is 23.9. The number of benzene rings is 1. The SMILES string of the molecule is Cc1ccc(OC[C@H](O)Cn2c(N3CCN(C)CC3)nc3c2c(=O)n(C)c(=O)n3C)cc1C. The summed E-state index contributed by atoms with van der Waals surface area (Å²) in [6, 6.07) is 5.80. The summed E-state index contributed by atoms with van der Waals surface area (Å²) in [5.74, 6) is 1.27. The maximum absolute atomic E-state index is 13.0. The molecule has 1 atom stereocenters. The molecule has 0 saturated carbocycles. The van der Waals surface area contributed by atoms with Crippen LogP contribution in [0.3, 0.4) is 0 Å². The molecule has 0 spiro atoms. The molecule has 1 saturated heterocycles. The Bertz CT molecular complexity index is 1280. The molecule has 10 heteroatoms. The molecule has 178 valence electrons. The number of aromatic nitrogens is 4. The average Bonchev–Trinajstić information content (AvgIpc) is 3.16. The van der Waals surface area contributed by atoms with E-state index in [1.54, 1.807) is 11.6 Å². The first-order chi connectivity index (χ1) is 15.7. The largest absolute Gasteiger partial charge is 0.491 e. The van der Waals surface area contributed by atoms with Crippen LogP contribution in [-0.2, 0) is 20.6 Å². The van der Waals surface area contributed by atoms with E-state index in [1.165, 1.54) is 17.2 Å². The summed E-state index contributed by atoms with van der Waals surface area (Å²) in [6.07, 6.45) is -0.878. The van der Waals surface area contributed by atoms with Crippen LogP contribution in [0.1, 0.15) is 11.1 Å².